The van der Waals surface area contributed by atoms with Gasteiger partial charge in [0.25, 0.3) is 0 Å². The van der Waals surface area contributed by atoms with Crippen LogP contribution in [0.5, 0.6) is 0 Å². The SMILES string of the molecule is CC/C=C/C/C=C/C/C=C/CCCCCC(O)C(=O)NC(COC1OC(CO)C(O)C(O)C1OC(=O)CCCCCCCCCCCCCCCCCCCCC)C(O)/C=C/CCCCCCCCCCCCC. The fraction of sp³-hybridized carbons (Fsp3) is 0.841. The molecule has 1 saturated heterocycles. The van der Waals surface area contributed by atoms with Crippen LogP contribution < -0.4 is 5.32 Å². The average Bonchev–Trinajstić information content (AvgIpc) is 3.40. The Morgan fingerprint density at radius 3 is 1.46 bits per heavy atom. The molecule has 0 aromatic rings. The molecule has 11 nitrogen and oxygen atoms in total. The summed E-state index contributed by atoms with van der Waals surface area (Å²) in [6, 6.07) is -1.03. The van der Waals surface area contributed by atoms with Gasteiger partial charge in [0.05, 0.1) is 25.4 Å². The minimum atomic E-state index is -1.62. The minimum absolute atomic E-state index is 0.124. The summed E-state index contributed by atoms with van der Waals surface area (Å²) in [7, 11) is 0. The van der Waals surface area contributed by atoms with Gasteiger partial charge in [0.1, 0.15) is 24.4 Å². The van der Waals surface area contributed by atoms with Crippen LogP contribution in [0.2, 0.25) is 0 Å². The number of carbonyl (C=O) groups excluding carboxylic acids is 2. The van der Waals surface area contributed by atoms with E-state index >= 15 is 0 Å². The molecule has 0 bridgehead atoms. The molecule has 1 amide bonds. The lowest BCUT2D eigenvalue weighted by atomic mass is 9.99. The van der Waals surface area contributed by atoms with Crippen LogP contribution in [0.25, 0.3) is 0 Å². The van der Waals surface area contributed by atoms with E-state index in [1.165, 1.54) is 154 Å². The first-order valence-corrected chi connectivity index (χ1v) is 30.9. The van der Waals surface area contributed by atoms with Gasteiger partial charge < -0.3 is 45.1 Å². The van der Waals surface area contributed by atoms with Gasteiger partial charge in [-0.05, 0) is 57.8 Å². The highest BCUT2D eigenvalue weighted by Crippen LogP contribution is 2.26. The summed E-state index contributed by atoms with van der Waals surface area (Å²) in [5.41, 5.74) is 0. The summed E-state index contributed by atoms with van der Waals surface area (Å²) in [6.45, 7) is 5.68. The van der Waals surface area contributed by atoms with Crippen molar-refractivity contribution in [2.24, 2.45) is 0 Å². The van der Waals surface area contributed by atoms with Gasteiger partial charge in [-0.1, -0.05) is 262 Å². The lowest BCUT2D eigenvalue weighted by Gasteiger charge is -2.41. The number of hydrogen-bond donors (Lipinski definition) is 6. The zero-order chi connectivity index (χ0) is 54.0. The van der Waals surface area contributed by atoms with E-state index < -0.39 is 67.4 Å². The number of carbonyl (C=O) groups is 2. The Morgan fingerprint density at radius 2 is 0.973 bits per heavy atom. The van der Waals surface area contributed by atoms with Gasteiger partial charge >= 0.3 is 5.97 Å². The van der Waals surface area contributed by atoms with Crippen molar-refractivity contribution in [3.8, 4) is 0 Å². The largest absolute Gasteiger partial charge is 0.454 e. The molecule has 0 spiro atoms. The predicted molar refractivity (Wildman–Crippen MR) is 306 cm³/mol. The maximum absolute atomic E-state index is 13.4. The number of nitrogens with one attached hydrogen (secondary N) is 1. The Balaban J connectivity index is 2.68. The maximum Gasteiger partial charge on any atom is 0.306 e. The fourth-order valence-electron chi connectivity index (χ4n) is 9.61. The number of unbranched alkanes of at least 4 members (excludes halogenated alkanes) is 32. The minimum Gasteiger partial charge on any atom is -0.454 e. The van der Waals surface area contributed by atoms with Crippen LogP contribution in [0, 0.1) is 0 Å². The highest BCUT2D eigenvalue weighted by molar-refractivity contribution is 5.80. The zero-order valence-corrected chi connectivity index (χ0v) is 47.7. The third-order valence-electron chi connectivity index (χ3n) is 14.5. The molecule has 1 fully saturated rings. The number of esters is 1. The van der Waals surface area contributed by atoms with Crippen molar-refractivity contribution in [1.82, 2.24) is 5.32 Å². The molecular formula is C63H115NO10. The van der Waals surface area contributed by atoms with E-state index in [2.05, 4.69) is 62.5 Å². The molecule has 0 aliphatic carbocycles. The molecule has 74 heavy (non-hydrogen) atoms. The maximum atomic E-state index is 13.4. The van der Waals surface area contributed by atoms with E-state index in [1.54, 1.807) is 6.08 Å². The Hall–Kier alpha value is -2.38. The fourth-order valence-corrected chi connectivity index (χ4v) is 9.61. The van der Waals surface area contributed by atoms with E-state index in [9.17, 15) is 35.1 Å². The highest BCUT2D eigenvalue weighted by atomic mass is 16.7. The number of aliphatic hydroxyl groups excluding tert-OH is 5. The lowest BCUT2D eigenvalue weighted by molar-refractivity contribution is -0.305. The molecule has 1 rings (SSSR count). The van der Waals surface area contributed by atoms with Crippen molar-refractivity contribution >= 4 is 11.9 Å². The molecule has 1 aliphatic heterocycles. The number of amides is 1. The Labute approximate surface area is 453 Å². The van der Waals surface area contributed by atoms with Crippen LogP contribution in [0.15, 0.2) is 48.6 Å². The smallest absolute Gasteiger partial charge is 0.306 e. The summed E-state index contributed by atoms with van der Waals surface area (Å²) in [5, 5.41) is 56.9. The first-order chi connectivity index (χ1) is 36.2. The van der Waals surface area contributed by atoms with E-state index in [1.807, 2.05) is 6.08 Å². The van der Waals surface area contributed by atoms with E-state index in [4.69, 9.17) is 14.2 Å². The van der Waals surface area contributed by atoms with E-state index in [0.717, 1.165) is 77.0 Å². The van der Waals surface area contributed by atoms with Gasteiger partial charge in [0.2, 0.25) is 5.91 Å². The van der Waals surface area contributed by atoms with E-state index in [0.29, 0.717) is 12.8 Å². The van der Waals surface area contributed by atoms with Crippen LogP contribution >= 0.6 is 0 Å². The molecular weight excluding hydrogens is 931 g/mol. The number of rotatable bonds is 52. The lowest BCUT2D eigenvalue weighted by Crippen LogP contribution is -2.61. The van der Waals surface area contributed by atoms with Gasteiger partial charge in [0, 0.05) is 6.42 Å². The third kappa shape index (κ3) is 39.1. The van der Waals surface area contributed by atoms with Crippen molar-refractivity contribution < 1.29 is 49.3 Å². The standard InChI is InChI=1S/C63H115NO10/c1-4-7-10-13-16-19-22-25-26-27-28-29-30-33-36-39-42-45-48-51-58(68)74-61-60(70)59(69)57(52-65)73-63(61)72-53-54(55(66)49-46-43-40-37-34-31-23-20-17-14-11-8-5-2)64-62(71)56(67)50-47-44-41-38-35-32-24-21-18-15-12-9-6-3/h9,12,18,21,32,35,46,49,54-57,59-61,63,65-67,69-70H,4-8,10-11,13-17,19-20,22-31,33-34,36-45,47-48,50-53H2,1-3H3,(H,64,71)/b12-9+,21-18+,35-32+,49-46+. The van der Waals surface area contributed by atoms with Gasteiger partial charge in [-0.25, -0.2) is 0 Å². The number of aliphatic hydroxyl groups is 5. The molecule has 1 heterocycles. The Bertz CT molecular complexity index is 1390. The molecule has 0 aromatic heterocycles. The Kier molecular flexibility index (Phi) is 48.3. The average molecular weight is 1050 g/mol. The first kappa shape index (κ1) is 69.6. The van der Waals surface area contributed by atoms with Crippen molar-refractivity contribution in [1.29, 1.82) is 0 Å². The van der Waals surface area contributed by atoms with E-state index in [-0.39, 0.29) is 19.4 Å². The van der Waals surface area contributed by atoms with Crippen LogP contribution in [-0.4, -0.2) is 99.6 Å². The summed E-state index contributed by atoms with van der Waals surface area (Å²) < 4.78 is 17.6. The zero-order valence-electron chi connectivity index (χ0n) is 47.7. The summed E-state index contributed by atoms with van der Waals surface area (Å²) in [6.07, 6.45) is 51.5. The number of allylic oxidation sites excluding steroid dienone is 7. The van der Waals surface area contributed by atoms with Crippen LogP contribution in [-0.2, 0) is 23.8 Å². The van der Waals surface area contributed by atoms with Crippen LogP contribution in [0.1, 0.15) is 278 Å². The molecule has 0 saturated carbocycles. The third-order valence-corrected chi connectivity index (χ3v) is 14.5. The highest BCUT2D eigenvalue weighted by Gasteiger charge is 2.47. The second kappa shape index (κ2) is 51.4. The topological polar surface area (TPSA) is 175 Å². The summed E-state index contributed by atoms with van der Waals surface area (Å²) in [5.74, 6) is -1.21. The molecule has 8 atom stereocenters. The van der Waals surface area contributed by atoms with Gasteiger partial charge in [-0.2, -0.15) is 0 Å². The van der Waals surface area contributed by atoms with Crippen LogP contribution in [0.3, 0.4) is 0 Å². The molecule has 6 N–H and O–H groups in total. The second-order valence-electron chi connectivity index (χ2n) is 21.4. The normalized spacial score (nSPS) is 19.6. The summed E-state index contributed by atoms with van der Waals surface area (Å²) in [4.78, 5) is 26.5. The van der Waals surface area contributed by atoms with Crippen molar-refractivity contribution in [2.45, 2.75) is 327 Å². The predicted octanol–water partition coefficient (Wildman–Crippen LogP) is 14.4. The molecule has 0 aromatic carbocycles. The summed E-state index contributed by atoms with van der Waals surface area (Å²) >= 11 is 0. The van der Waals surface area contributed by atoms with Gasteiger partial charge in [-0.15, -0.1) is 0 Å². The molecule has 11 heteroatoms. The van der Waals surface area contributed by atoms with Crippen molar-refractivity contribution in [3.63, 3.8) is 0 Å². The molecule has 8 unspecified atom stereocenters. The second-order valence-corrected chi connectivity index (χ2v) is 21.4. The number of hydrogen-bond acceptors (Lipinski definition) is 10. The van der Waals surface area contributed by atoms with Gasteiger partial charge in [-0.3, -0.25) is 9.59 Å². The number of ether oxygens (including phenoxy) is 3. The first-order valence-electron chi connectivity index (χ1n) is 30.9. The quantitative estimate of drug-likeness (QED) is 0.0195. The Morgan fingerprint density at radius 1 is 0.541 bits per heavy atom. The monoisotopic (exact) mass is 1050 g/mol. The molecule has 0 radical (unpaired) electrons. The van der Waals surface area contributed by atoms with Crippen molar-refractivity contribution in [3.05, 3.63) is 48.6 Å². The van der Waals surface area contributed by atoms with Crippen LogP contribution in [0.4, 0.5) is 0 Å². The van der Waals surface area contributed by atoms with Crippen molar-refractivity contribution in [2.75, 3.05) is 13.2 Å². The molecule has 432 valence electrons. The van der Waals surface area contributed by atoms with Gasteiger partial charge in [0.15, 0.2) is 12.4 Å². The molecule has 1 aliphatic rings.